The first-order valence-electron chi connectivity index (χ1n) is 13.4. The van der Waals surface area contributed by atoms with E-state index in [-0.39, 0.29) is 41.1 Å². The van der Waals surface area contributed by atoms with Gasteiger partial charge in [-0.05, 0) is 42.5 Å². The smallest absolute Gasteiger partial charge is 0.308 e. The maximum absolute atomic E-state index is 12.6. The molecular formula is C30H34ClN5O4. The van der Waals surface area contributed by atoms with Crippen molar-refractivity contribution in [2.45, 2.75) is 57.9 Å². The molecule has 2 N–H and O–H groups in total. The van der Waals surface area contributed by atoms with Gasteiger partial charge >= 0.3 is 5.97 Å². The minimum atomic E-state index is -0.565. The number of halogens is 1. The van der Waals surface area contributed by atoms with Crippen LogP contribution in [0.25, 0.3) is 0 Å². The van der Waals surface area contributed by atoms with E-state index in [9.17, 15) is 14.4 Å². The van der Waals surface area contributed by atoms with Crippen LogP contribution < -0.4 is 20.3 Å². The minimum Gasteiger partial charge on any atom is -0.419 e. The van der Waals surface area contributed by atoms with E-state index < -0.39 is 5.97 Å². The Morgan fingerprint density at radius 3 is 2.35 bits per heavy atom. The lowest BCUT2D eigenvalue weighted by atomic mass is 10.1. The molecule has 2 amide bonds. The summed E-state index contributed by atoms with van der Waals surface area (Å²) in [5, 5.41) is 5.96. The Morgan fingerprint density at radius 2 is 1.68 bits per heavy atom. The maximum atomic E-state index is 12.6. The van der Waals surface area contributed by atoms with Gasteiger partial charge in [0, 0.05) is 38.5 Å². The number of benzene rings is 2. The van der Waals surface area contributed by atoms with Gasteiger partial charge in [0.1, 0.15) is 5.82 Å². The summed E-state index contributed by atoms with van der Waals surface area (Å²) in [6, 6.07) is 17.5. The molecule has 2 aromatic carbocycles. The first-order chi connectivity index (χ1) is 19.3. The molecule has 0 spiro atoms. The number of rotatable bonds is 11. The van der Waals surface area contributed by atoms with Crippen LogP contribution in [0.5, 0.6) is 5.75 Å². The van der Waals surface area contributed by atoms with Gasteiger partial charge < -0.3 is 20.3 Å². The second-order valence-electron chi connectivity index (χ2n) is 9.99. The number of nitrogens with zero attached hydrogens (tertiary/aromatic N) is 3. The number of likely N-dealkylation sites (N-methyl/N-ethyl adjacent to an activating group) is 1. The van der Waals surface area contributed by atoms with Crippen LogP contribution in [0.2, 0.25) is 5.15 Å². The molecule has 0 saturated heterocycles. The van der Waals surface area contributed by atoms with Crippen molar-refractivity contribution in [1.82, 2.24) is 15.3 Å². The van der Waals surface area contributed by atoms with Crippen LogP contribution in [0.4, 0.5) is 11.5 Å². The topological polar surface area (TPSA) is 114 Å². The highest BCUT2D eigenvalue weighted by Crippen LogP contribution is 2.33. The highest BCUT2D eigenvalue weighted by atomic mass is 35.5. The Hall–Kier alpha value is -3.98. The van der Waals surface area contributed by atoms with Crippen molar-refractivity contribution < 1.29 is 19.1 Å². The summed E-state index contributed by atoms with van der Waals surface area (Å²) < 4.78 is 5.31. The molecule has 1 saturated carbocycles. The number of anilines is 2. The predicted molar refractivity (Wildman–Crippen MR) is 155 cm³/mol. The van der Waals surface area contributed by atoms with Gasteiger partial charge in [-0.1, -0.05) is 66.9 Å². The SMILES string of the molecule is CC(=O)Oc1c(Cl)nc(Cc2ccc(NC(=O)CCc3ccccc3)cc2)nc1N(C)CC(=O)NC1CCCC1. The molecule has 1 fully saturated rings. The molecule has 1 aliphatic rings. The Bertz CT molecular complexity index is 1330. The van der Waals surface area contributed by atoms with E-state index in [1.807, 2.05) is 54.6 Å². The molecule has 40 heavy (non-hydrogen) atoms. The van der Waals surface area contributed by atoms with E-state index in [2.05, 4.69) is 20.6 Å². The Balaban J connectivity index is 1.41. The molecule has 0 aliphatic heterocycles. The second-order valence-corrected chi connectivity index (χ2v) is 10.3. The molecule has 4 rings (SSSR count). The summed E-state index contributed by atoms with van der Waals surface area (Å²) in [4.78, 5) is 47.3. The van der Waals surface area contributed by atoms with Crippen LogP contribution in [0.1, 0.15) is 56.0 Å². The average Bonchev–Trinajstić information content (AvgIpc) is 3.43. The summed E-state index contributed by atoms with van der Waals surface area (Å²) in [6.07, 6.45) is 5.60. The maximum Gasteiger partial charge on any atom is 0.308 e. The number of ether oxygens (including phenoxy) is 1. The fraction of sp³-hybridized carbons (Fsp3) is 0.367. The van der Waals surface area contributed by atoms with Crippen LogP contribution in [0, 0.1) is 0 Å². The number of hydrogen-bond acceptors (Lipinski definition) is 7. The number of nitrogens with one attached hydrogen (secondary N) is 2. The molecule has 10 heteroatoms. The van der Waals surface area contributed by atoms with E-state index in [0.717, 1.165) is 36.8 Å². The molecule has 1 heterocycles. The summed E-state index contributed by atoms with van der Waals surface area (Å²) in [6.45, 7) is 1.29. The summed E-state index contributed by atoms with van der Waals surface area (Å²) in [5.74, 6) is -0.0849. The second kappa shape index (κ2) is 13.9. The Labute approximate surface area is 239 Å². The molecule has 0 radical (unpaired) electrons. The van der Waals surface area contributed by atoms with Crippen LogP contribution in [-0.4, -0.2) is 47.4 Å². The summed E-state index contributed by atoms with van der Waals surface area (Å²) in [7, 11) is 1.69. The summed E-state index contributed by atoms with van der Waals surface area (Å²) >= 11 is 6.42. The fourth-order valence-corrected chi connectivity index (χ4v) is 4.89. The van der Waals surface area contributed by atoms with E-state index in [0.29, 0.717) is 30.8 Å². The normalized spacial score (nSPS) is 13.1. The van der Waals surface area contributed by atoms with E-state index in [1.54, 1.807) is 11.9 Å². The van der Waals surface area contributed by atoms with Crippen LogP contribution in [-0.2, 0) is 27.2 Å². The molecule has 9 nitrogen and oxygen atoms in total. The van der Waals surface area contributed by atoms with E-state index >= 15 is 0 Å². The van der Waals surface area contributed by atoms with Gasteiger partial charge in [-0.2, -0.15) is 0 Å². The third kappa shape index (κ3) is 8.51. The number of hydrogen-bond donors (Lipinski definition) is 2. The third-order valence-electron chi connectivity index (χ3n) is 6.64. The lowest BCUT2D eigenvalue weighted by Crippen LogP contribution is -2.40. The van der Waals surface area contributed by atoms with Crippen molar-refractivity contribution in [3.63, 3.8) is 0 Å². The van der Waals surface area contributed by atoms with Crippen molar-refractivity contribution in [1.29, 1.82) is 0 Å². The predicted octanol–water partition coefficient (Wildman–Crippen LogP) is 4.71. The van der Waals surface area contributed by atoms with Crippen LogP contribution in [0.15, 0.2) is 54.6 Å². The molecule has 210 valence electrons. The molecule has 1 aromatic heterocycles. The van der Waals surface area contributed by atoms with E-state index in [1.165, 1.54) is 6.92 Å². The zero-order valence-corrected chi connectivity index (χ0v) is 23.5. The van der Waals surface area contributed by atoms with E-state index in [4.69, 9.17) is 16.3 Å². The van der Waals surface area contributed by atoms with Crippen molar-refractivity contribution in [3.05, 3.63) is 76.7 Å². The zero-order valence-electron chi connectivity index (χ0n) is 22.8. The van der Waals surface area contributed by atoms with Crippen LogP contribution in [0.3, 0.4) is 0 Å². The number of carbonyl (C=O) groups excluding carboxylic acids is 3. The van der Waals surface area contributed by atoms with Crippen molar-refractivity contribution in [2.24, 2.45) is 0 Å². The molecular weight excluding hydrogens is 530 g/mol. The van der Waals surface area contributed by atoms with Crippen molar-refractivity contribution in [2.75, 3.05) is 23.8 Å². The number of carbonyl (C=O) groups is 3. The zero-order chi connectivity index (χ0) is 28.5. The lowest BCUT2D eigenvalue weighted by Gasteiger charge is -2.22. The molecule has 0 bridgehead atoms. The summed E-state index contributed by atoms with van der Waals surface area (Å²) in [5.41, 5.74) is 2.71. The average molecular weight is 564 g/mol. The number of amides is 2. The van der Waals surface area contributed by atoms with Crippen molar-refractivity contribution in [3.8, 4) is 5.75 Å². The van der Waals surface area contributed by atoms with Crippen molar-refractivity contribution >= 4 is 40.9 Å². The number of aryl methyl sites for hydroxylation is 1. The number of esters is 1. The first-order valence-corrected chi connectivity index (χ1v) is 13.8. The van der Waals surface area contributed by atoms with Gasteiger partial charge in [0.15, 0.2) is 11.0 Å². The quantitative estimate of drug-likeness (QED) is 0.256. The first kappa shape index (κ1) is 29.0. The van der Waals surface area contributed by atoms with Gasteiger partial charge in [-0.15, -0.1) is 0 Å². The molecule has 1 aliphatic carbocycles. The largest absolute Gasteiger partial charge is 0.419 e. The lowest BCUT2D eigenvalue weighted by molar-refractivity contribution is -0.131. The van der Waals surface area contributed by atoms with Gasteiger partial charge in [0.05, 0.1) is 6.54 Å². The highest BCUT2D eigenvalue weighted by molar-refractivity contribution is 6.31. The Kier molecular flexibility index (Phi) is 10.1. The monoisotopic (exact) mass is 563 g/mol. The highest BCUT2D eigenvalue weighted by Gasteiger charge is 2.23. The van der Waals surface area contributed by atoms with Gasteiger partial charge in [0.2, 0.25) is 17.6 Å². The molecule has 0 atom stereocenters. The third-order valence-corrected chi connectivity index (χ3v) is 6.90. The standard InChI is InChI=1S/C30H34ClN5O4/c1-20(37)40-28-29(31)34-25(35-30(28)36(2)19-27(39)33-23-10-6-7-11-23)18-22-12-15-24(16-13-22)32-26(38)17-14-21-8-4-3-5-9-21/h3-5,8-9,12-13,15-16,23H,6-7,10-11,14,17-19H2,1-2H3,(H,32,38)(H,33,39). The minimum absolute atomic E-state index is 0.0134. The van der Waals surface area contributed by atoms with Gasteiger partial charge in [-0.3, -0.25) is 14.4 Å². The Morgan fingerprint density at radius 1 is 0.975 bits per heavy atom. The van der Waals surface area contributed by atoms with Gasteiger partial charge in [-0.25, -0.2) is 9.97 Å². The van der Waals surface area contributed by atoms with Crippen LogP contribution >= 0.6 is 11.6 Å². The fourth-order valence-electron chi connectivity index (χ4n) is 4.67. The molecule has 3 aromatic rings. The number of aromatic nitrogens is 2. The molecule has 0 unspecified atom stereocenters. The van der Waals surface area contributed by atoms with Gasteiger partial charge in [0.25, 0.3) is 0 Å².